The molecule has 1 saturated heterocycles. The molecule has 19 heavy (non-hydrogen) atoms. The minimum atomic E-state index is -0.329. The molecule has 2 heterocycles. The van der Waals surface area contributed by atoms with Crippen LogP contribution >= 0.6 is 11.6 Å². The van der Waals surface area contributed by atoms with Crippen LogP contribution in [0, 0.1) is 0 Å². The van der Waals surface area contributed by atoms with Crippen LogP contribution in [-0.4, -0.2) is 15.7 Å². The SMILES string of the molecule is Cn1c(=O)n(C2CCCN2)c(=O)c2cccc(Cl)c21. The van der Waals surface area contributed by atoms with E-state index in [9.17, 15) is 9.59 Å². The Morgan fingerprint density at radius 1 is 1.37 bits per heavy atom. The Labute approximate surface area is 114 Å². The lowest BCUT2D eigenvalue weighted by Crippen LogP contribution is -2.44. The van der Waals surface area contributed by atoms with E-state index in [0.29, 0.717) is 15.9 Å². The average Bonchev–Trinajstić information content (AvgIpc) is 2.90. The fraction of sp³-hybridized carbons (Fsp3) is 0.385. The van der Waals surface area contributed by atoms with Gasteiger partial charge in [-0.05, 0) is 31.5 Å². The van der Waals surface area contributed by atoms with Crippen molar-refractivity contribution in [3.05, 3.63) is 44.1 Å². The van der Waals surface area contributed by atoms with Gasteiger partial charge in [0.1, 0.15) is 0 Å². The highest BCUT2D eigenvalue weighted by Crippen LogP contribution is 2.20. The van der Waals surface area contributed by atoms with Crippen molar-refractivity contribution >= 4 is 22.5 Å². The number of hydrogen-bond donors (Lipinski definition) is 1. The number of nitrogens with one attached hydrogen (secondary N) is 1. The summed E-state index contributed by atoms with van der Waals surface area (Å²) in [5, 5.41) is 4.07. The van der Waals surface area contributed by atoms with Gasteiger partial charge in [0, 0.05) is 7.05 Å². The first-order valence-corrected chi connectivity index (χ1v) is 6.62. The molecule has 0 saturated carbocycles. The Balaban J connectivity index is 2.42. The standard InChI is InChI=1S/C13H14ClN3O2/c1-16-11-8(4-2-5-9(11)14)12(18)17(13(16)19)10-6-3-7-15-10/h2,4-5,10,15H,3,6-7H2,1H3. The molecule has 1 aromatic heterocycles. The van der Waals surface area contributed by atoms with Crippen LogP contribution in [0.15, 0.2) is 27.8 Å². The van der Waals surface area contributed by atoms with Gasteiger partial charge >= 0.3 is 5.69 Å². The number of halogens is 1. The Morgan fingerprint density at radius 3 is 2.84 bits per heavy atom. The summed E-state index contributed by atoms with van der Waals surface area (Å²) < 4.78 is 2.74. The zero-order valence-corrected chi connectivity index (χ0v) is 11.3. The van der Waals surface area contributed by atoms with Gasteiger partial charge in [-0.25, -0.2) is 9.36 Å². The Kier molecular flexibility index (Phi) is 2.95. The monoisotopic (exact) mass is 279 g/mol. The van der Waals surface area contributed by atoms with Crippen molar-refractivity contribution in [3.8, 4) is 0 Å². The van der Waals surface area contributed by atoms with Gasteiger partial charge in [0.2, 0.25) is 0 Å². The van der Waals surface area contributed by atoms with Gasteiger partial charge in [-0.2, -0.15) is 0 Å². The number of para-hydroxylation sites is 1. The smallest absolute Gasteiger partial charge is 0.297 e. The molecule has 2 aromatic rings. The van der Waals surface area contributed by atoms with Gasteiger partial charge in [-0.1, -0.05) is 17.7 Å². The van der Waals surface area contributed by atoms with E-state index in [-0.39, 0.29) is 17.4 Å². The van der Waals surface area contributed by atoms with Crippen LogP contribution in [0.25, 0.3) is 10.9 Å². The van der Waals surface area contributed by atoms with Gasteiger partial charge in [0.15, 0.2) is 0 Å². The van der Waals surface area contributed by atoms with Crippen molar-refractivity contribution in [2.45, 2.75) is 19.0 Å². The number of aromatic nitrogens is 2. The van der Waals surface area contributed by atoms with E-state index >= 15 is 0 Å². The zero-order chi connectivity index (χ0) is 13.6. The largest absolute Gasteiger partial charge is 0.332 e. The van der Waals surface area contributed by atoms with Crippen LogP contribution in [-0.2, 0) is 7.05 Å². The van der Waals surface area contributed by atoms with Gasteiger partial charge in [-0.15, -0.1) is 0 Å². The highest BCUT2D eigenvalue weighted by atomic mass is 35.5. The molecule has 6 heteroatoms. The molecular formula is C13H14ClN3O2. The van der Waals surface area contributed by atoms with E-state index < -0.39 is 0 Å². The van der Waals surface area contributed by atoms with Crippen molar-refractivity contribution in [2.24, 2.45) is 7.05 Å². The van der Waals surface area contributed by atoms with Crippen LogP contribution < -0.4 is 16.6 Å². The van der Waals surface area contributed by atoms with E-state index in [1.807, 2.05) is 0 Å². The van der Waals surface area contributed by atoms with Gasteiger partial charge in [0.25, 0.3) is 5.56 Å². The van der Waals surface area contributed by atoms with E-state index in [4.69, 9.17) is 11.6 Å². The van der Waals surface area contributed by atoms with Crippen molar-refractivity contribution in [1.82, 2.24) is 14.5 Å². The molecule has 0 spiro atoms. The quantitative estimate of drug-likeness (QED) is 0.854. The van der Waals surface area contributed by atoms with E-state index in [0.717, 1.165) is 19.4 Å². The molecule has 1 N–H and O–H groups in total. The third-order valence-electron chi connectivity index (χ3n) is 3.61. The number of rotatable bonds is 1. The van der Waals surface area contributed by atoms with Crippen LogP contribution in [0.4, 0.5) is 0 Å². The highest BCUT2D eigenvalue weighted by Gasteiger charge is 2.22. The van der Waals surface area contributed by atoms with E-state index in [1.54, 1.807) is 25.2 Å². The maximum Gasteiger partial charge on any atom is 0.332 e. The molecule has 0 amide bonds. The summed E-state index contributed by atoms with van der Waals surface area (Å²) in [7, 11) is 1.64. The first kappa shape index (κ1) is 12.4. The molecule has 1 atom stereocenters. The molecule has 1 fully saturated rings. The minimum absolute atomic E-state index is 0.213. The third kappa shape index (κ3) is 1.81. The Bertz CT molecular complexity index is 757. The molecule has 5 nitrogen and oxygen atoms in total. The number of hydrogen-bond acceptors (Lipinski definition) is 3. The number of nitrogens with zero attached hydrogens (tertiary/aromatic N) is 2. The molecule has 0 bridgehead atoms. The third-order valence-corrected chi connectivity index (χ3v) is 3.92. The second-order valence-corrected chi connectivity index (χ2v) is 5.17. The molecule has 0 radical (unpaired) electrons. The van der Waals surface area contributed by atoms with Gasteiger partial charge < -0.3 is 0 Å². The number of benzene rings is 1. The first-order valence-electron chi connectivity index (χ1n) is 6.24. The fourth-order valence-corrected chi connectivity index (χ4v) is 2.97. The summed E-state index contributed by atoms with van der Waals surface area (Å²) in [5.74, 6) is 0. The Hall–Kier alpha value is -1.59. The van der Waals surface area contributed by atoms with Crippen LogP contribution in [0.1, 0.15) is 19.0 Å². The lowest BCUT2D eigenvalue weighted by atomic mass is 10.2. The first-order chi connectivity index (χ1) is 9.11. The maximum absolute atomic E-state index is 12.5. The summed E-state index contributed by atoms with van der Waals surface area (Å²) in [6, 6.07) is 5.11. The van der Waals surface area contributed by atoms with Crippen LogP contribution in [0.3, 0.4) is 0 Å². The van der Waals surface area contributed by atoms with Crippen molar-refractivity contribution in [1.29, 1.82) is 0 Å². The summed E-state index contributed by atoms with van der Waals surface area (Å²) in [6.07, 6.45) is 1.55. The lowest BCUT2D eigenvalue weighted by Gasteiger charge is -2.16. The van der Waals surface area contributed by atoms with Crippen molar-refractivity contribution < 1.29 is 0 Å². The molecule has 1 unspecified atom stereocenters. The Morgan fingerprint density at radius 2 is 2.16 bits per heavy atom. The van der Waals surface area contributed by atoms with Gasteiger partial charge in [-0.3, -0.25) is 14.7 Å². The number of aryl methyl sites for hydroxylation is 1. The summed E-state index contributed by atoms with van der Waals surface area (Å²) in [5.41, 5.74) is -0.113. The van der Waals surface area contributed by atoms with Crippen molar-refractivity contribution in [3.63, 3.8) is 0 Å². The molecule has 1 aromatic carbocycles. The summed E-state index contributed by atoms with van der Waals surface area (Å²) in [6.45, 7) is 0.827. The normalized spacial score (nSPS) is 19.2. The summed E-state index contributed by atoms with van der Waals surface area (Å²) in [4.78, 5) is 24.9. The predicted octanol–water partition coefficient (Wildman–Crippen LogP) is 1.24. The van der Waals surface area contributed by atoms with Gasteiger partial charge in [0.05, 0.1) is 22.1 Å². The molecule has 1 aliphatic rings. The highest BCUT2D eigenvalue weighted by molar-refractivity contribution is 6.35. The molecule has 3 rings (SSSR count). The molecule has 100 valence electrons. The van der Waals surface area contributed by atoms with Crippen molar-refractivity contribution in [2.75, 3.05) is 6.54 Å². The second-order valence-electron chi connectivity index (χ2n) is 4.76. The topological polar surface area (TPSA) is 56.0 Å². The molecular weight excluding hydrogens is 266 g/mol. The van der Waals surface area contributed by atoms with Crippen LogP contribution in [0.5, 0.6) is 0 Å². The predicted molar refractivity (Wildman–Crippen MR) is 74.7 cm³/mol. The lowest BCUT2D eigenvalue weighted by molar-refractivity contribution is 0.430. The minimum Gasteiger partial charge on any atom is -0.297 e. The average molecular weight is 280 g/mol. The molecule has 0 aliphatic carbocycles. The van der Waals surface area contributed by atoms with Crippen LogP contribution in [0.2, 0.25) is 5.02 Å². The maximum atomic E-state index is 12.5. The summed E-state index contributed by atoms with van der Waals surface area (Å²) >= 11 is 6.09. The van der Waals surface area contributed by atoms with E-state index in [1.165, 1.54) is 9.13 Å². The zero-order valence-electron chi connectivity index (χ0n) is 10.5. The molecule has 1 aliphatic heterocycles. The van der Waals surface area contributed by atoms with E-state index in [2.05, 4.69) is 5.32 Å². The number of fused-ring (bicyclic) bond motifs is 1. The second kappa shape index (κ2) is 4.51. The fourth-order valence-electron chi connectivity index (χ4n) is 2.66.